The first-order chi connectivity index (χ1) is 8.72. The van der Waals surface area contributed by atoms with E-state index in [1.165, 1.54) is 17.7 Å². The van der Waals surface area contributed by atoms with Crippen molar-refractivity contribution in [1.29, 1.82) is 0 Å². The normalized spacial score (nSPS) is 14.8. The Labute approximate surface area is 115 Å². The summed E-state index contributed by atoms with van der Waals surface area (Å²) >= 11 is 7.81. The fourth-order valence-corrected chi connectivity index (χ4v) is 2.94. The average Bonchev–Trinajstić information content (AvgIpc) is 3.02. The Morgan fingerprint density at radius 2 is 2.28 bits per heavy atom. The zero-order chi connectivity index (χ0) is 12.5. The Kier molecular flexibility index (Phi) is 3.22. The van der Waals surface area contributed by atoms with Gasteiger partial charge >= 0.3 is 0 Å². The first kappa shape index (κ1) is 11.9. The Bertz CT molecular complexity index is 517. The van der Waals surface area contributed by atoms with Gasteiger partial charge in [-0.05, 0) is 31.2 Å². The molecule has 1 aliphatic rings. The average molecular weight is 280 g/mol. The van der Waals surface area contributed by atoms with Gasteiger partial charge in [0.1, 0.15) is 16.8 Å². The molecule has 0 N–H and O–H groups in total. The molecule has 94 valence electrons. The van der Waals surface area contributed by atoms with Crippen LogP contribution in [0.3, 0.4) is 0 Å². The molecule has 0 saturated heterocycles. The monoisotopic (exact) mass is 279 g/mol. The Hall–Kier alpha value is -1.13. The minimum atomic E-state index is 0.523. The van der Waals surface area contributed by atoms with Crippen LogP contribution in [0.5, 0.6) is 0 Å². The van der Waals surface area contributed by atoms with E-state index in [0.29, 0.717) is 11.2 Å². The lowest BCUT2D eigenvalue weighted by Gasteiger charge is -2.23. The van der Waals surface area contributed by atoms with Crippen LogP contribution in [-0.2, 0) is 6.54 Å². The minimum Gasteiger partial charge on any atom is -0.348 e. The van der Waals surface area contributed by atoms with Crippen LogP contribution in [0.1, 0.15) is 23.5 Å². The number of thiophene rings is 1. The molecule has 2 heterocycles. The van der Waals surface area contributed by atoms with Crippen molar-refractivity contribution in [3.63, 3.8) is 0 Å². The Morgan fingerprint density at radius 3 is 2.89 bits per heavy atom. The lowest BCUT2D eigenvalue weighted by Crippen LogP contribution is -2.25. The van der Waals surface area contributed by atoms with Gasteiger partial charge in [0.15, 0.2) is 0 Å². The molecule has 18 heavy (non-hydrogen) atoms. The van der Waals surface area contributed by atoms with Crippen molar-refractivity contribution in [2.24, 2.45) is 0 Å². The third-order valence-corrected chi connectivity index (χ3v) is 4.04. The standard InChI is InChI=1S/C13H14ClN3S/c1-9-15-12(14)7-13(16-9)17(10-4-5-10)8-11-3-2-6-18-11/h2-3,6-7,10H,4-5,8H2,1H3. The van der Waals surface area contributed by atoms with Crippen LogP contribution in [0.4, 0.5) is 5.82 Å². The summed E-state index contributed by atoms with van der Waals surface area (Å²) in [4.78, 5) is 12.3. The fourth-order valence-electron chi connectivity index (χ4n) is 2.02. The molecule has 0 aromatic carbocycles. The Balaban J connectivity index is 1.89. The molecule has 0 atom stereocenters. The highest BCUT2D eigenvalue weighted by Crippen LogP contribution is 2.33. The summed E-state index contributed by atoms with van der Waals surface area (Å²) in [5.74, 6) is 1.68. The van der Waals surface area contributed by atoms with Gasteiger partial charge in [0, 0.05) is 17.0 Å². The molecule has 5 heteroatoms. The van der Waals surface area contributed by atoms with E-state index in [1.807, 2.05) is 13.0 Å². The second-order valence-corrected chi connectivity index (χ2v) is 5.95. The summed E-state index contributed by atoms with van der Waals surface area (Å²) in [5, 5.41) is 2.63. The van der Waals surface area contributed by atoms with Gasteiger partial charge in [-0.3, -0.25) is 0 Å². The first-order valence-corrected chi connectivity index (χ1v) is 7.28. The molecular weight excluding hydrogens is 266 g/mol. The number of halogens is 1. The molecule has 3 nitrogen and oxygen atoms in total. The zero-order valence-electron chi connectivity index (χ0n) is 10.1. The molecule has 0 unspecified atom stereocenters. The second kappa shape index (κ2) is 4.86. The quantitative estimate of drug-likeness (QED) is 0.800. The van der Waals surface area contributed by atoms with Crippen molar-refractivity contribution in [2.45, 2.75) is 32.4 Å². The third-order valence-electron chi connectivity index (χ3n) is 2.98. The van der Waals surface area contributed by atoms with Crippen LogP contribution in [-0.4, -0.2) is 16.0 Å². The molecule has 2 aromatic rings. The molecular formula is C13H14ClN3S. The van der Waals surface area contributed by atoms with Crippen LogP contribution in [0.2, 0.25) is 5.15 Å². The number of anilines is 1. The van der Waals surface area contributed by atoms with Gasteiger partial charge < -0.3 is 4.90 Å². The largest absolute Gasteiger partial charge is 0.348 e. The Morgan fingerprint density at radius 1 is 1.44 bits per heavy atom. The molecule has 0 amide bonds. The predicted molar refractivity (Wildman–Crippen MR) is 75.3 cm³/mol. The van der Waals surface area contributed by atoms with Crippen LogP contribution >= 0.6 is 22.9 Å². The highest BCUT2D eigenvalue weighted by atomic mass is 35.5. The van der Waals surface area contributed by atoms with E-state index >= 15 is 0 Å². The highest BCUT2D eigenvalue weighted by molar-refractivity contribution is 7.09. The summed E-state index contributed by atoms with van der Waals surface area (Å²) in [5.41, 5.74) is 0. The minimum absolute atomic E-state index is 0.523. The molecule has 1 fully saturated rings. The van der Waals surface area contributed by atoms with Gasteiger partial charge in [-0.1, -0.05) is 17.7 Å². The molecule has 0 radical (unpaired) electrons. The molecule has 0 aliphatic heterocycles. The number of hydrogen-bond donors (Lipinski definition) is 0. The van der Waals surface area contributed by atoms with Gasteiger partial charge in [-0.15, -0.1) is 11.3 Å². The van der Waals surface area contributed by atoms with Crippen molar-refractivity contribution < 1.29 is 0 Å². The summed E-state index contributed by atoms with van der Waals surface area (Å²) in [7, 11) is 0. The summed E-state index contributed by atoms with van der Waals surface area (Å²) < 4.78 is 0. The number of aryl methyl sites for hydroxylation is 1. The fraction of sp³-hybridized carbons (Fsp3) is 0.385. The van der Waals surface area contributed by atoms with E-state index in [4.69, 9.17) is 11.6 Å². The predicted octanol–water partition coefficient (Wildman–Crippen LogP) is 3.67. The molecule has 1 aliphatic carbocycles. The molecule has 3 rings (SSSR count). The van der Waals surface area contributed by atoms with E-state index < -0.39 is 0 Å². The zero-order valence-corrected chi connectivity index (χ0v) is 11.7. The highest BCUT2D eigenvalue weighted by Gasteiger charge is 2.30. The summed E-state index contributed by atoms with van der Waals surface area (Å²) in [6.07, 6.45) is 2.48. The van der Waals surface area contributed by atoms with E-state index in [-0.39, 0.29) is 0 Å². The van der Waals surface area contributed by atoms with Crippen molar-refractivity contribution in [1.82, 2.24) is 9.97 Å². The van der Waals surface area contributed by atoms with Gasteiger partial charge in [0.25, 0.3) is 0 Å². The maximum atomic E-state index is 6.03. The van der Waals surface area contributed by atoms with Crippen LogP contribution in [0, 0.1) is 6.92 Å². The molecule has 1 saturated carbocycles. The van der Waals surface area contributed by atoms with Crippen LogP contribution in [0.15, 0.2) is 23.6 Å². The lowest BCUT2D eigenvalue weighted by atomic mass is 10.3. The van der Waals surface area contributed by atoms with E-state index in [1.54, 1.807) is 11.3 Å². The van der Waals surface area contributed by atoms with Gasteiger partial charge in [0.2, 0.25) is 0 Å². The first-order valence-electron chi connectivity index (χ1n) is 6.02. The SMILES string of the molecule is Cc1nc(Cl)cc(N(Cc2cccs2)C2CC2)n1. The number of aromatic nitrogens is 2. The van der Waals surface area contributed by atoms with Gasteiger partial charge in [0.05, 0.1) is 6.54 Å². The maximum absolute atomic E-state index is 6.03. The van der Waals surface area contributed by atoms with Gasteiger partial charge in [-0.2, -0.15) is 0 Å². The smallest absolute Gasteiger partial charge is 0.134 e. The molecule has 0 spiro atoms. The molecule has 2 aromatic heterocycles. The van der Waals surface area contributed by atoms with Crippen LogP contribution < -0.4 is 4.90 Å². The van der Waals surface area contributed by atoms with Crippen molar-refractivity contribution >= 4 is 28.8 Å². The number of rotatable bonds is 4. The number of nitrogens with zero attached hydrogens (tertiary/aromatic N) is 3. The van der Waals surface area contributed by atoms with Crippen molar-refractivity contribution in [2.75, 3.05) is 4.90 Å². The van der Waals surface area contributed by atoms with Crippen LogP contribution in [0.25, 0.3) is 0 Å². The second-order valence-electron chi connectivity index (χ2n) is 4.53. The van der Waals surface area contributed by atoms with E-state index in [0.717, 1.165) is 18.2 Å². The topological polar surface area (TPSA) is 29.0 Å². The lowest BCUT2D eigenvalue weighted by molar-refractivity contribution is 0.778. The van der Waals surface area contributed by atoms with E-state index in [9.17, 15) is 0 Å². The van der Waals surface area contributed by atoms with E-state index in [2.05, 4.69) is 32.4 Å². The third kappa shape index (κ3) is 2.65. The summed E-state index contributed by atoms with van der Waals surface area (Å²) in [6, 6.07) is 6.72. The van der Waals surface area contributed by atoms with Crippen molar-refractivity contribution in [3.05, 3.63) is 39.4 Å². The van der Waals surface area contributed by atoms with Crippen molar-refractivity contribution in [3.8, 4) is 0 Å². The maximum Gasteiger partial charge on any atom is 0.134 e. The van der Waals surface area contributed by atoms with Gasteiger partial charge in [-0.25, -0.2) is 9.97 Å². The summed E-state index contributed by atoms with van der Waals surface area (Å²) in [6.45, 7) is 2.79. The molecule has 0 bridgehead atoms. The number of hydrogen-bond acceptors (Lipinski definition) is 4.